The molecule has 0 saturated heterocycles. The van der Waals surface area contributed by atoms with Gasteiger partial charge in [-0.3, -0.25) is 4.79 Å². The maximum atomic E-state index is 13.2. The molecule has 1 unspecified atom stereocenters. The van der Waals surface area contributed by atoms with E-state index in [1.54, 1.807) is 13.8 Å². The Kier molecular flexibility index (Phi) is 5.92. The first-order chi connectivity index (χ1) is 13.7. The van der Waals surface area contributed by atoms with Crippen LogP contribution in [-0.4, -0.2) is 27.6 Å². The number of nitrogens with one attached hydrogen (secondary N) is 2. The summed E-state index contributed by atoms with van der Waals surface area (Å²) in [5.41, 5.74) is 0.589. The van der Waals surface area contributed by atoms with Crippen molar-refractivity contribution in [3.05, 3.63) is 65.2 Å². The zero-order chi connectivity index (χ0) is 21.1. The van der Waals surface area contributed by atoms with E-state index >= 15 is 0 Å². The number of pyridine rings is 1. The number of halogens is 3. The Morgan fingerprint density at radius 3 is 2.62 bits per heavy atom. The molecule has 0 radical (unpaired) electrons. The molecule has 0 saturated carbocycles. The molecule has 2 heterocycles. The molecule has 2 aromatic heterocycles. The lowest BCUT2D eigenvalue weighted by atomic mass is 9.99. The van der Waals surface area contributed by atoms with Gasteiger partial charge in [0.05, 0.1) is 6.04 Å². The maximum Gasteiger partial charge on any atom is 0.268 e. The van der Waals surface area contributed by atoms with Crippen LogP contribution >= 0.6 is 0 Å². The van der Waals surface area contributed by atoms with Crippen LogP contribution in [0, 0.1) is 12.7 Å². The van der Waals surface area contributed by atoms with Crippen LogP contribution in [0.4, 0.5) is 13.2 Å². The standard InChI is InChI=1S/C19H17F3N4O3/c1-9(18-25-10(2)29-26-18)24-19(28)13-6-11(15-4-3-14(20)8-23-15)5-12(7-13)16(27)17(21)22/h3-9,16-17,27H,1-2H3,(H,24,28)/p+1/t9-,16?/m1/s1. The molecule has 0 aliphatic carbocycles. The molecule has 0 fully saturated rings. The highest BCUT2D eigenvalue weighted by Gasteiger charge is 2.24. The number of aliphatic hydroxyl groups excluding tert-OH is 1. The Morgan fingerprint density at radius 2 is 2.03 bits per heavy atom. The van der Waals surface area contributed by atoms with Crippen molar-refractivity contribution in [1.82, 2.24) is 15.5 Å². The maximum absolute atomic E-state index is 13.2. The summed E-state index contributed by atoms with van der Waals surface area (Å²) < 4.78 is 44.1. The summed E-state index contributed by atoms with van der Waals surface area (Å²) in [6, 6.07) is 5.90. The van der Waals surface area contributed by atoms with Gasteiger partial charge in [-0.2, -0.15) is 4.98 Å². The van der Waals surface area contributed by atoms with Gasteiger partial charge in [0, 0.05) is 24.1 Å². The van der Waals surface area contributed by atoms with Crippen molar-refractivity contribution in [1.29, 1.82) is 0 Å². The number of alkyl halides is 2. The average Bonchev–Trinajstić information content (AvgIpc) is 3.14. The molecule has 3 N–H and O–H groups in total. The first kappa shape index (κ1) is 20.5. The quantitative estimate of drug-likeness (QED) is 0.654. The van der Waals surface area contributed by atoms with E-state index < -0.39 is 30.3 Å². The van der Waals surface area contributed by atoms with Crippen molar-refractivity contribution in [3.8, 4) is 11.3 Å². The Bertz CT molecular complexity index is 1010. The van der Waals surface area contributed by atoms with Gasteiger partial charge in [0.25, 0.3) is 12.3 Å². The summed E-state index contributed by atoms with van der Waals surface area (Å²) in [6.45, 7) is 3.24. The third-order valence-electron chi connectivity index (χ3n) is 4.16. The molecule has 7 nitrogen and oxygen atoms in total. The third kappa shape index (κ3) is 4.77. The summed E-state index contributed by atoms with van der Waals surface area (Å²) in [4.78, 5) is 19.4. The van der Waals surface area contributed by atoms with Crippen LogP contribution in [0.2, 0.25) is 0 Å². The van der Waals surface area contributed by atoms with Gasteiger partial charge in [0.2, 0.25) is 17.8 Å². The number of aromatic nitrogens is 3. The van der Waals surface area contributed by atoms with Crippen molar-refractivity contribution >= 4 is 5.91 Å². The van der Waals surface area contributed by atoms with E-state index in [1.807, 2.05) is 0 Å². The van der Waals surface area contributed by atoms with Crippen molar-refractivity contribution in [2.45, 2.75) is 32.4 Å². The van der Waals surface area contributed by atoms with E-state index in [4.69, 9.17) is 4.52 Å². The van der Waals surface area contributed by atoms with E-state index in [0.717, 1.165) is 6.20 Å². The summed E-state index contributed by atoms with van der Waals surface area (Å²) in [5, 5.41) is 16.2. The van der Waals surface area contributed by atoms with Crippen LogP contribution in [0.5, 0.6) is 0 Å². The Balaban J connectivity index is 1.95. The Labute approximate surface area is 163 Å². The predicted octanol–water partition coefficient (Wildman–Crippen LogP) is 2.79. The summed E-state index contributed by atoms with van der Waals surface area (Å²) in [7, 11) is 0. The smallest absolute Gasteiger partial charge is 0.268 e. The molecule has 3 aromatic rings. The van der Waals surface area contributed by atoms with Gasteiger partial charge in [0.15, 0.2) is 11.6 Å². The monoisotopic (exact) mass is 407 g/mol. The number of amides is 1. The minimum atomic E-state index is -3.04. The van der Waals surface area contributed by atoms with Crippen molar-refractivity contribution < 1.29 is 32.6 Å². The normalized spacial score (nSPS) is 13.3. The molecule has 0 bridgehead atoms. The molecular weight excluding hydrogens is 389 g/mol. The highest BCUT2D eigenvalue weighted by molar-refractivity contribution is 5.95. The van der Waals surface area contributed by atoms with E-state index in [1.165, 1.54) is 30.3 Å². The highest BCUT2D eigenvalue weighted by Crippen LogP contribution is 2.27. The summed E-state index contributed by atoms with van der Waals surface area (Å²) in [5.74, 6) is -0.518. The van der Waals surface area contributed by atoms with Gasteiger partial charge in [-0.15, -0.1) is 0 Å². The second kappa shape index (κ2) is 8.39. The van der Waals surface area contributed by atoms with Crippen LogP contribution in [0.1, 0.15) is 46.7 Å². The number of aliphatic hydroxyl groups is 1. The first-order valence-corrected chi connectivity index (χ1v) is 8.64. The summed E-state index contributed by atoms with van der Waals surface area (Å²) in [6.07, 6.45) is -4.04. The minimum Gasteiger partial charge on any atom is -0.382 e. The number of hydrogen-bond acceptors (Lipinski definition) is 5. The van der Waals surface area contributed by atoms with Gasteiger partial charge in [-0.05, 0) is 36.8 Å². The van der Waals surface area contributed by atoms with Crippen LogP contribution < -0.4 is 10.3 Å². The number of aromatic amines is 1. The van der Waals surface area contributed by atoms with Crippen molar-refractivity contribution in [2.24, 2.45) is 0 Å². The molecule has 3 rings (SSSR count). The zero-order valence-electron chi connectivity index (χ0n) is 15.5. The number of nitrogens with zero attached hydrogens (tertiary/aromatic N) is 2. The van der Waals surface area contributed by atoms with Gasteiger partial charge in [-0.1, -0.05) is 5.16 Å². The molecule has 1 aromatic carbocycles. The highest BCUT2D eigenvalue weighted by atomic mass is 19.3. The number of aryl methyl sites for hydroxylation is 1. The molecule has 0 aliphatic rings. The second-order valence-electron chi connectivity index (χ2n) is 6.41. The summed E-state index contributed by atoms with van der Waals surface area (Å²) >= 11 is 0. The average molecular weight is 407 g/mol. The molecule has 2 atom stereocenters. The van der Waals surface area contributed by atoms with Gasteiger partial charge >= 0.3 is 0 Å². The first-order valence-electron chi connectivity index (χ1n) is 8.64. The molecular formula is C19H18F3N4O3+. The molecule has 0 aliphatic heterocycles. The Morgan fingerprint density at radius 1 is 1.28 bits per heavy atom. The lowest BCUT2D eigenvalue weighted by Crippen LogP contribution is -2.27. The van der Waals surface area contributed by atoms with E-state index in [-0.39, 0.29) is 17.0 Å². The van der Waals surface area contributed by atoms with Crippen LogP contribution in [0.25, 0.3) is 11.3 Å². The van der Waals surface area contributed by atoms with E-state index in [0.29, 0.717) is 17.1 Å². The van der Waals surface area contributed by atoms with Gasteiger partial charge in [0.1, 0.15) is 6.10 Å². The Hall–Kier alpha value is -3.27. The minimum absolute atomic E-state index is 0.0296. The van der Waals surface area contributed by atoms with Crippen LogP contribution in [-0.2, 0) is 0 Å². The molecule has 0 spiro atoms. The van der Waals surface area contributed by atoms with Crippen LogP contribution in [0.15, 0.2) is 41.1 Å². The van der Waals surface area contributed by atoms with E-state index in [9.17, 15) is 23.1 Å². The fourth-order valence-corrected chi connectivity index (χ4v) is 2.68. The number of carbonyl (C=O) groups is 1. The zero-order valence-corrected chi connectivity index (χ0v) is 15.5. The number of benzene rings is 1. The SMILES string of the molecule is Cc1nc([C@@H](C)NC(=O)c2cc(-c3ccc(F)c[nH+]3)cc(C(O)C(F)F)c2)no1. The third-order valence-corrected chi connectivity index (χ3v) is 4.16. The van der Waals surface area contributed by atoms with Crippen molar-refractivity contribution in [2.75, 3.05) is 0 Å². The fraction of sp³-hybridized carbons (Fsp3) is 0.263. The molecule has 10 heteroatoms. The number of H-pyrrole nitrogens is 1. The number of rotatable bonds is 6. The molecule has 1 amide bonds. The topological polar surface area (TPSA) is 102 Å². The van der Waals surface area contributed by atoms with Gasteiger partial charge in [-0.25, -0.2) is 18.2 Å². The number of hydrogen-bond donors (Lipinski definition) is 2. The van der Waals surface area contributed by atoms with Gasteiger partial charge < -0.3 is 14.9 Å². The van der Waals surface area contributed by atoms with Crippen LogP contribution in [0.3, 0.4) is 0 Å². The molecule has 29 heavy (non-hydrogen) atoms. The van der Waals surface area contributed by atoms with E-state index in [2.05, 4.69) is 20.4 Å². The lowest BCUT2D eigenvalue weighted by molar-refractivity contribution is -0.367. The molecule has 152 valence electrons. The largest absolute Gasteiger partial charge is 0.382 e. The second-order valence-corrected chi connectivity index (χ2v) is 6.41. The van der Waals surface area contributed by atoms with Crippen molar-refractivity contribution in [3.63, 3.8) is 0 Å². The fourth-order valence-electron chi connectivity index (χ4n) is 2.68. The lowest BCUT2D eigenvalue weighted by Gasteiger charge is -2.14. The number of carbonyl (C=O) groups excluding carboxylic acids is 1. The predicted molar refractivity (Wildman–Crippen MR) is 94.3 cm³/mol.